The minimum Gasteiger partial charge on any atom is -0.254 e. The van der Waals surface area contributed by atoms with Crippen molar-refractivity contribution >= 4 is 0 Å². The third kappa shape index (κ3) is 7.84. The summed E-state index contributed by atoms with van der Waals surface area (Å²) in [6.45, 7) is 26.5. The normalized spacial score (nSPS) is 11.9. The number of benzene rings is 6. The van der Waals surface area contributed by atoms with Gasteiger partial charge in [-0.3, -0.25) is 9.97 Å². The fraction of sp³-hybridized carbons (Fsp3) is 0.233. The second-order valence-electron chi connectivity index (χ2n) is 18.6. The zero-order valence-corrected chi connectivity index (χ0v) is 38.8. The van der Waals surface area contributed by atoms with Crippen LogP contribution in [-0.4, -0.2) is 9.97 Å². The maximum Gasteiger partial charge on any atom is 0.0886 e. The SMILES string of the molecule is Cc1cc(C)cc(C(c2ccc(-c3ccc(C(c4cc(C)cc(C)c4)(c4cc(C)cc(C)c4)c4cc(C)cc(C)c4)cn3)nc2)(c2cc(C)cc(C)c2)c2cc(C)cc(C)c2)c1. The highest BCUT2D eigenvalue weighted by Crippen LogP contribution is 2.49. The molecule has 2 nitrogen and oxygen atoms in total. The molecule has 0 aliphatic heterocycles. The number of hydrogen-bond acceptors (Lipinski definition) is 2. The first-order chi connectivity index (χ1) is 29.5. The summed E-state index contributed by atoms with van der Waals surface area (Å²) in [6, 6.07) is 50.9. The van der Waals surface area contributed by atoms with E-state index in [1.165, 1.54) is 100 Å². The molecule has 0 aliphatic carbocycles. The fourth-order valence-corrected chi connectivity index (χ4v) is 10.7. The molecule has 0 fully saturated rings. The summed E-state index contributed by atoms with van der Waals surface area (Å²) < 4.78 is 0. The van der Waals surface area contributed by atoms with E-state index in [1.807, 2.05) is 0 Å². The molecule has 310 valence electrons. The van der Waals surface area contributed by atoms with Gasteiger partial charge in [-0.05, 0) is 140 Å². The third-order valence-corrected chi connectivity index (χ3v) is 12.6. The van der Waals surface area contributed by atoms with Gasteiger partial charge in [0.25, 0.3) is 0 Å². The van der Waals surface area contributed by atoms with Crippen LogP contribution in [0.15, 0.2) is 146 Å². The first-order valence-electron chi connectivity index (χ1n) is 22.0. The highest BCUT2D eigenvalue weighted by atomic mass is 14.8. The minimum atomic E-state index is -0.614. The molecule has 2 aromatic heterocycles. The Balaban J connectivity index is 1.34. The molecule has 2 heteroatoms. The summed E-state index contributed by atoms with van der Waals surface area (Å²) in [6.07, 6.45) is 4.20. The lowest BCUT2D eigenvalue weighted by Crippen LogP contribution is -2.32. The van der Waals surface area contributed by atoms with Crippen molar-refractivity contribution in [3.63, 3.8) is 0 Å². The van der Waals surface area contributed by atoms with Gasteiger partial charge in [0.1, 0.15) is 0 Å². The standard InChI is InChI=1S/C60H60N2/c1-37-17-38(2)24-51(23-37)59(52-25-39(3)18-40(4)26-52,53-27-41(5)19-42(6)28-53)49-13-15-57(61-35-49)58-16-14-50(36-62-58)60(54-29-43(7)20-44(8)30-54,55-31-45(9)21-46(10)32-55)56-33-47(11)22-48(12)34-56/h13-36H,1-12H3. The van der Waals surface area contributed by atoms with Crippen LogP contribution < -0.4 is 0 Å². The summed E-state index contributed by atoms with van der Waals surface area (Å²) in [5.41, 5.74) is 25.0. The average Bonchev–Trinajstić information content (AvgIpc) is 3.17. The lowest BCUT2D eigenvalue weighted by Gasteiger charge is -2.38. The Morgan fingerprint density at radius 1 is 0.226 bits per heavy atom. The van der Waals surface area contributed by atoms with Gasteiger partial charge in [-0.25, -0.2) is 0 Å². The van der Waals surface area contributed by atoms with Gasteiger partial charge in [0.05, 0.1) is 22.2 Å². The monoisotopic (exact) mass is 808 g/mol. The summed E-state index contributed by atoms with van der Waals surface area (Å²) in [5.74, 6) is 0. The van der Waals surface area contributed by atoms with Crippen molar-refractivity contribution in [3.8, 4) is 11.4 Å². The van der Waals surface area contributed by atoms with Crippen molar-refractivity contribution in [2.24, 2.45) is 0 Å². The van der Waals surface area contributed by atoms with Gasteiger partial charge in [0.2, 0.25) is 0 Å². The van der Waals surface area contributed by atoms with Gasteiger partial charge < -0.3 is 0 Å². The van der Waals surface area contributed by atoms with Crippen LogP contribution in [0.25, 0.3) is 11.4 Å². The molecule has 2 heterocycles. The summed E-state index contributed by atoms with van der Waals surface area (Å²) in [5, 5.41) is 0. The average molecular weight is 809 g/mol. The van der Waals surface area contributed by atoms with E-state index in [0.29, 0.717) is 0 Å². The molecule has 6 aromatic carbocycles. The molecule has 0 saturated carbocycles. The smallest absolute Gasteiger partial charge is 0.0886 e. The van der Waals surface area contributed by atoms with Crippen LogP contribution in [-0.2, 0) is 10.8 Å². The predicted octanol–water partition coefficient (Wildman–Crippen LogP) is 14.6. The van der Waals surface area contributed by atoms with Gasteiger partial charge >= 0.3 is 0 Å². The second kappa shape index (κ2) is 16.5. The van der Waals surface area contributed by atoms with E-state index in [4.69, 9.17) is 9.97 Å². The number of pyridine rings is 2. The van der Waals surface area contributed by atoms with E-state index >= 15 is 0 Å². The fourth-order valence-electron chi connectivity index (χ4n) is 10.7. The van der Waals surface area contributed by atoms with E-state index < -0.39 is 10.8 Å². The van der Waals surface area contributed by atoms with Gasteiger partial charge in [-0.1, -0.05) is 188 Å². The molecule has 0 unspecified atom stereocenters. The Bertz CT molecular complexity index is 2390. The van der Waals surface area contributed by atoms with Gasteiger partial charge in [-0.2, -0.15) is 0 Å². The maximum atomic E-state index is 5.30. The Morgan fingerprint density at radius 2 is 0.403 bits per heavy atom. The predicted molar refractivity (Wildman–Crippen MR) is 261 cm³/mol. The summed E-state index contributed by atoms with van der Waals surface area (Å²) in [7, 11) is 0. The van der Waals surface area contributed by atoms with Crippen LogP contribution in [0.1, 0.15) is 111 Å². The van der Waals surface area contributed by atoms with E-state index in [0.717, 1.165) is 22.5 Å². The van der Waals surface area contributed by atoms with Crippen molar-refractivity contribution < 1.29 is 0 Å². The van der Waals surface area contributed by atoms with E-state index in [-0.39, 0.29) is 0 Å². The zero-order valence-electron chi connectivity index (χ0n) is 38.8. The van der Waals surface area contributed by atoms with E-state index in [1.54, 1.807) is 0 Å². The molecule has 0 amide bonds. The second-order valence-corrected chi connectivity index (χ2v) is 18.6. The number of hydrogen-bond donors (Lipinski definition) is 0. The highest BCUT2D eigenvalue weighted by molar-refractivity contribution is 5.66. The van der Waals surface area contributed by atoms with Crippen molar-refractivity contribution in [1.82, 2.24) is 9.97 Å². The van der Waals surface area contributed by atoms with Gasteiger partial charge in [-0.15, -0.1) is 0 Å². The third-order valence-electron chi connectivity index (χ3n) is 12.6. The number of aromatic nitrogens is 2. The van der Waals surface area contributed by atoms with Crippen LogP contribution in [0.2, 0.25) is 0 Å². The summed E-state index contributed by atoms with van der Waals surface area (Å²) in [4.78, 5) is 10.6. The molecule has 0 spiro atoms. The molecule has 0 bridgehead atoms. The van der Waals surface area contributed by atoms with E-state index in [2.05, 4.69) is 229 Å². The molecule has 0 aliphatic rings. The lowest BCUT2D eigenvalue weighted by molar-refractivity contribution is 0.733. The Hall–Kier alpha value is -6.38. The number of aryl methyl sites for hydroxylation is 12. The first kappa shape index (κ1) is 42.3. The molecule has 0 N–H and O–H groups in total. The van der Waals surface area contributed by atoms with Gasteiger partial charge in [0.15, 0.2) is 0 Å². The molecular weight excluding hydrogens is 749 g/mol. The topological polar surface area (TPSA) is 25.8 Å². The van der Waals surface area contributed by atoms with Crippen LogP contribution in [0.5, 0.6) is 0 Å². The van der Waals surface area contributed by atoms with Crippen molar-refractivity contribution in [3.05, 3.63) is 257 Å². The molecule has 0 saturated heterocycles. The molecule has 8 rings (SSSR count). The highest BCUT2D eigenvalue weighted by Gasteiger charge is 2.41. The quantitative estimate of drug-likeness (QED) is 0.136. The van der Waals surface area contributed by atoms with Crippen LogP contribution in [0.4, 0.5) is 0 Å². The van der Waals surface area contributed by atoms with E-state index in [9.17, 15) is 0 Å². The van der Waals surface area contributed by atoms with Crippen molar-refractivity contribution in [1.29, 1.82) is 0 Å². The zero-order chi connectivity index (χ0) is 44.1. The van der Waals surface area contributed by atoms with Crippen LogP contribution in [0.3, 0.4) is 0 Å². The Labute approximate surface area is 370 Å². The van der Waals surface area contributed by atoms with Crippen LogP contribution in [0, 0.1) is 83.1 Å². The van der Waals surface area contributed by atoms with Crippen molar-refractivity contribution in [2.45, 2.75) is 93.9 Å². The Morgan fingerprint density at radius 3 is 0.548 bits per heavy atom. The molecule has 0 atom stereocenters. The number of nitrogens with zero attached hydrogens (tertiary/aromatic N) is 2. The molecule has 0 radical (unpaired) electrons. The maximum absolute atomic E-state index is 5.30. The van der Waals surface area contributed by atoms with Crippen molar-refractivity contribution in [2.75, 3.05) is 0 Å². The largest absolute Gasteiger partial charge is 0.254 e. The minimum absolute atomic E-state index is 0.614. The molecule has 8 aromatic rings. The van der Waals surface area contributed by atoms with Gasteiger partial charge in [0, 0.05) is 12.4 Å². The Kier molecular flexibility index (Phi) is 11.2. The lowest BCUT2D eigenvalue weighted by atomic mass is 9.64. The van der Waals surface area contributed by atoms with Crippen LogP contribution >= 0.6 is 0 Å². The first-order valence-corrected chi connectivity index (χ1v) is 22.0. The summed E-state index contributed by atoms with van der Waals surface area (Å²) >= 11 is 0. The number of rotatable bonds is 9. The molecular formula is C60H60N2. The molecule has 62 heavy (non-hydrogen) atoms.